The molecular weight excluding hydrogens is 254 g/mol. The first-order valence-electron chi connectivity index (χ1n) is 6.13. The van der Waals surface area contributed by atoms with Crippen molar-refractivity contribution < 1.29 is 9.21 Å². The Morgan fingerprint density at radius 1 is 1.15 bits per heavy atom. The molecule has 1 aromatic carbocycles. The average Bonchev–Trinajstić information content (AvgIpc) is 3.10. The number of para-hydroxylation sites is 1. The molecule has 0 radical (unpaired) electrons. The van der Waals surface area contributed by atoms with Gasteiger partial charge in [0, 0.05) is 10.9 Å². The molecule has 5 heteroatoms. The van der Waals surface area contributed by atoms with Crippen LogP contribution in [0.1, 0.15) is 10.5 Å². The van der Waals surface area contributed by atoms with Gasteiger partial charge in [-0.25, -0.2) is 9.50 Å². The van der Waals surface area contributed by atoms with Crippen molar-refractivity contribution in [3.8, 4) is 11.3 Å². The first-order chi connectivity index (χ1) is 9.86. The van der Waals surface area contributed by atoms with Crippen molar-refractivity contribution in [2.45, 2.75) is 0 Å². The van der Waals surface area contributed by atoms with Gasteiger partial charge in [0.1, 0.15) is 17.5 Å². The highest BCUT2D eigenvalue weighted by Gasteiger charge is 2.11. The first-order valence-corrected chi connectivity index (χ1v) is 6.13. The minimum atomic E-state index is 0.426. The molecule has 0 fully saturated rings. The van der Waals surface area contributed by atoms with E-state index in [1.165, 1.54) is 10.7 Å². The van der Waals surface area contributed by atoms with Crippen molar-refractivity contribution in [2.24, 2.45) is 0 Å². The molecule has 0 aliphatic carbocycles. The fourth-order valence-electron chi connectivity index (χ4n) is 2.29. The summed E-state index contributed by atoms with van der Waals surface area (Å²) < 4.78 is 7.05. The Balaban J connectivity index is 1.99. The van der Waals surface area contributed by atoms with Crippen molar-refractivity contribution in [1.29, 1.82) is 0 Å². The van der Waals surface area contributed by atoms with Crippen LogP contribution in [-0.2, 0) is 0 Å². The topological polar surface area (TPSA) is 60.4 Å². The zero-order valence-electron chi connectivity index (χ0n) is 10.4. The van der Waals surface area contributed by atoms with E-state index in [9.17, 15) is 4.79 Å². The summed E-state index contributed by atoms with van der Waals surface area (Å²) in [6, 6.07) is 11.5. The van der Waals surface area contributed by atoms with Crippen molar-refractivity contribution in [3.63, 3.8) is 0 Å². The molecule has 0 unspecified atom stereocenters. The molecule has 0 saturated carbocycles. The van der Waals surface area contributed by atoms with E-state index in [1.54, 1.807) is 6.26 Å². The van der Waals surface area contributed by atoms with Gasteiger partial charge in [0.2, 0.25) is 0 Å². The van der Waals surface area contributed by atoms with Gasteiger partial charge in [-0.15, -0.1) is 0 Å². The quantitative estimate of drug-likeness (QED) is 0.522. The maximum atomic E-state index is 11.0. The molecule has 0 saturated heterocycles. The zero-order chi connectivity index (χ0) is 13.5. The summed E-state index contributed by atoms with van der Waals surface area (Å²) in [5, 5.41) is 5.45. The standard InChI is InChI=1S/C15H9N3O2/c19-8-10-7-16-15-6-5-13(17-18(10)15)12-9-20-14-4-2-1-3-11(12)14/h1-9H. The van der Waals surface area contributed by atoms with Crippen LogP contribution < -0.4 is 0 Å². The minimum absolute atomic E-state index is 0.426. The lowest BCUT2D eigenvalue weighted by Gasteiger charge is -2.00. The number of carbonyl (C=O) groups excluding carboxylic acids is 1. The van der Waals surface area contributed by atoms with Gasteiger partial charge in [-0.1, -0.05) is 18.2 Å². The number of furan rings is 1. The van der Waals surface area contributed by atoms with E-state index in [0.29, 0.717) is 11.3 Å². The highest BCUT2D eigenvalue weighted by atomic mass is 16.3. The van der Waals surface area contributed by atoms with Gasteiger partial charge in [-0.2, -0.15) is 5.10 Å². The number of hydrogen-bond acceptors (Lipinski definition) is 4. The summed E-state index contributed by atoms with van der Waals surface area (Å²) in [4.78, 5) is 15.1. The van der Waals surface area contributed by atoms with Gasteiger partial charge in [0.25, 0.3) is 0 Å². The SMILES string of the molecule is O=Cc1cnc2ccc(-c3coc4ccccc34)nn12. The smallest absolute Gasteiger partial charge is 0.170 e. The van der Waals surface area contributed by atoms with Crippen molar-refractivity contribution in [3.05, 3.63) is 54.6 Å². The number of rotatable bonds is 2. The van der Waals surface area contributed by atoms with Gasteiger partial charge in [-0.05, 0) is 18.2 Å². The second-order valence-electron chi connectivity index (χ2n) is 4.44. The number of hydrogen-bond donors (Lipinski definition) is 0. The van der Waals surface area contributed by atoms with Crippen LogP contribution in [0.25, 0.3) is 27.9 Å². The first kappa shape index (κ1) is 10.9. The largest absolute Gasteiger partial charge is 0.464 e. The van der Waals surface area contributed by atoms with E-state index in [1.807, 2.05) is 36.4 Å². The molecule has 0 aliphatic rings. The molecule has 4 rings (SSSR count). The van der Waals surface area contributed by atoms with Gasteiger partial charge in [0.15, 0.2) is 11.9 Å². The highest BCUT2D eigenvalue weighted by Crippen LogP contribution is 2.29. The number of benzene rings is 1. The molecule has 96 valence electrons. The third-order valence-corrected chi connectivity index (χ3v) is 3.27. The summed E-state index contributed by atoms with van der Waals surface area (Å²) in [6.45, 7) is 0. The van der Waals surface area contributed by atoms with Crippen LogP contribution >= 0.6 is 0 Å². The van der Waals surface area contributed by atoms with E-state index in [4.69, 9.17) is 4.42 Å². The third-order valence-electron chi connectivity index (χ3n) is 3.27. The Kier molecular flexibility index (Phi) is 2.20. The van der Waals surface area contributed by atoms with E-state index in [2.05, 4.69) is 10.1 Å². The normalized spacial score (nSPS) is 11.2. The second-order valence-corrected chi connectivity index (χ2v) is 4.44. The van der Waals surface area contributed by atoms with E-state index in [0.717, 1.165) is 28.5 Å². The Hall–Kier alpha value is -2.95. The summed E-state index contributed by atoms with van der Waals surface area (Å²) in [5.41, 5.74) is 3.51. The van der Waals surface area contributed by atoms with Crippen LogP contribution in [-0.4, -0.2) is 20.9 Å². The predicted octanol–water partition coefficient (Wildman–Crippen LogP) is 2.96. The summed E-state index contributed by atoms with van der Waals surface area (Å²) in [6.07, 6.45) is 3.92. The van der Waals surface area contributed by atoms with Gasteiger partial charge >= 0.3 is 0 Å². The molecule has 0 amide bonds. The zero-order valence-corrected chi connectivity index (χ0v) is 10.4. The minimum Gasteiger partial charge on any atom is -0.464 e. The molecule has 0 N–H and O–H groups in total. The number of imidazole rings is 1. The third kappa shape index (κ3) is 1.46. The molecule has 3 aromatic heterocycles. The molecule has 0 bridgehead atoms. The fourth-order valence-corrected chi connectivity index (χ4v) is 2.29. The van der Waals surface area contributed by atoms with Crippen molar-refractivity contribution >= 4 is 22.9 Å². The molecule has 4 aromatic rings. The Labute approximate surface area is 113 Å². The molecule has 0 aliphatic heterocycles. The van der Waals surface area contributed by atoms with Gasteiger partial charge < -0.3 is 4.42 Å². The average molecular weight is 263 g/mol. The van der Waals surface area contributed by atoms with E-state index in [-0.39, 0.29) is 0 Å². The van der Waals surface area contributed by atoms with Crippen LogP contribution in [0.5, 0.6) is 0 Å². The summed E-state index contributed by atoms with van der Waals surface area (Å²) in [5.74, 6) is 0. The summed E-state index contributed by atoms with van der Waals surface area (Å²) in [7, 11) is 0. The van der Waals surface area contributed by atoms with Crippen molar-refractivity contribution in [2.75, 3.05) is 0 Å². The van der Waals surface area contributed by atoms with E-state index < -0.39 is 0 Å². The number of aromatic nitrogens is 3. The second kappa shape index (κ2) is 4.03. The Morgan fingerprint density at radius 2 is 2.05 bits per heavy atom. The maximum Gasteiger partial charge on any atom is 0.170 e. The molecular formula is C15H9N3O2. The maximum absolute atomic E-state index is 11.0. The van der Waals surface area contributed by atoms with Crippen molar-refractivity contribution in [1.82, 2.24) is 14.6 Å². The van der Waals surface area contributed by atoms with Crippen LogP contribution in [0.4, 0.5) is 0 Å². The van der Waals surface area contributed by atoms with Crippen LogP contribution in [0.2, 0.25) is 0 Å². The lowest BCUT2D eigenvalue weighted by atomic mass is 10.1. The fraction of sp³-hybridized carbons (Fsp3) is 0. The Bertz CT molecular complexity index is 937. The molecule has 0 spiro atoms. The van der Waals surface area contributed by atoms with Gasteiger partial charge in [-0.3, -0.25) is 4.79 Å². The van der Waals surface area contributed by atoms with Gasteiger partial charge in [0.05, 0.1) is 11.9 Å². The monoisotopic (exact) mass is 263 g/mol. The Morgan fingerprint density at radius 3 is 2.95 bits per heavy atom. The molecule has 0 atom stereocenters. The lowest BCUT2D eigenvalue weighted by Crippen LogP contribution is -1.97. The number of aldehydes is 1. The van der Waals surface area contributed by atoms with Crippen LogP contribution in [0, 0.1) is 0 Å². The van der Waals surface area contributed by atoms with Crippen LogP contribution in [0.3, 0.4) is 0 Å². The predicted molar refractivity (Wildman–Crippen MR) is 73.6 cm³/mol. The molecule has 5 nitrogen and oxygen atoms in total. The number of nitrogens with zero attached hydrogens (tertiary/aromatic N) is 3. The van der Waals surface area contributed by atoms with E-state index >= 15 is 0 Å². The van der Waals surface area contributed by atoms with Crippen LogP contribution in [0.15, 0.2) is 53.3 Å². The highest BCUT2D eigenvalue weighted by molar-refractivity contribution is 5.92. The molecule has 20 heavy (non-hydrogen) atoms. The lowest BCUT2D eigenvalue weighted by molar-refractivity contribution is 0.111. The number of fused-ring (bicyclic) bond motifs is 2. The summed E-state index contributed by atoms with van der Waals surface area (Å²) >= 11 is 0. The molecule has 3 heterocycles. The number of carbonyl (C=O) groups is 1.